The van der Waals surface area contributed by atoms with Crippen LogP contribution in [0.5, 0.6) is 0 Å². The van der Waals surface area contributed by atoms with Crippen molar-refractivity contribution in [3.8, 4) is 0 Å². The summed E-state index contributed by atoms with van der Waals surface area (Å²) in [6, 6.07) is 12.1. The van der Waals surface area contributed by atoms with Crippen molar-refractivity contribution in [2.24, 2.45) is 16.5 Å². The quantitative estimate of drug-likeness (QED) is 0.208. The van der Waals surface area contributed by atoms with Crippen molar-refractivity contribution in [1.29, 1.82) is 0 Å². The SMILES string of the molecule is Cc1ccc2c(C)nc(N=C(N)N)nc2c1.Cc1ccc2c(C)nc(Nc3nc(C)c(C)c(=O)[nH]3)nc2c1. The number of benzene rings is 2. The number of aliphatic imine (C=N–C) groups is 1. The van der Waals surface area contributed by atoms with E-state index in [4.69, 9.17) is 11.5 Å². The van der Waals surface area contributed by atoms with Crippen LogP contribution in [-0.2, 0) is 0 Å². The summed E-state index contributed by atoms with van der Waals surface area (Å²) in [4.78, 5) is 40.0. The van der Waals surface area contributed by atoms with E-state index in [9.17, 15) is 4.79 Å². The molecular weight excluding hydrogens is 480 g/mol. The van der Waals surface area contributed by atoms with E-state index in [1.54, 1.807) is 13.8 Å². The summed E-state index contributed by atoms with van der Waals surface area (Å²) in [5.41, 5.74) is 17.4. The van der Waals surface area contributed by atoms with Gasteiger partial charge in [0.15, 0.2) is 5.96 Å². The van der Waals surface area contributed by atoms with E-state index in [1.165, 1.54) is 0 Å². The number of aromatic amines is 1. The third-order valence-corrected chi connectivity index (χ3v) is 5.93. The molecule has 0 spiro atoms. The third kappa shape index (κ3) is 5.89. The lowest BCUT2D eigenvalue weighted by atomic mass is 10.1. The lowest BCUT2D eigenvalue weighted by Crippen LogP contribution is -2.22. The first-order valence-electron chi connectivity index (χ1n) is 11.9. The molecular formula is C27H30N10O. The first-order chi connectivity index (χ1) is 18.0. The molecule has 0 atom stereocenters. The second-order valence-corrected chi connectivity index (χ2v) is 9.07. The molecule has 0 bridgehead atoms. The number of hydrogen-bond acceptors (Lipinski definition) is 8. The van der Waals surface area contributed by atoms with Gasteiger partial charge in [0, 0.05) is 22.0 Å². The summed E-state index contributed by atoms with van der Waals surface area (Å²) in [5.74, 6) is 1.03. The monoisotopic (exact) mass is 510 g/mol. The molecule has 11 nitrogen and oxygen atoms in total. The van der Waals surface area contributed by atoms with Crippen LogP contribution < -0.4 is 22.3 Å². The van der Waals surface area contributed by atoms with Crippen LogP contribution in [0.4, 0.5) is 17.8 Å². The summed E-state index contributed by atoms with van der Waals surface area (Å²) in [6.45, 7) is 11.4. The Labute approximate surface area is 219 Å². The first-order valence-corrected chi connectivity index (χ1v) is 11.9. The van der Waals surface area contributed by atoms with Gasteiger partial charge in [0.05, 0.1) is 22.4 Å². The van der Waals surface area contributed by atoms with E-state index in [2.05, 4.69) is 40.2 Å². The predicted octanol–water partition coefficient (Wildman–Crippen LogP) is 3.84. The van der Waals surface area contributed by atoms with Crippen LogP contribution >= 0.6 is 0 Å². The summed E-state index contributed by atoms with van der Waals surface area (Å²) in [5, 5.41) is 5.00. The molecule has 5 rings (SSSR count). The summed E-state index contributed by atoms with van der Waals surface area (Å²) < 4.78 is 0. The van der Waals surface area contributed by atoms with Gasteiger partial charge < -0.3 is 11.5 Å². The lowest BCUT2D eigenvalue weighted by Gasteiger charge is -2.09. The molecule has 0 saturated heterocycles. The number of hydrogen-bond donors (Lipinski definition) is 4. The Kier molecular flexibility index (Phi) is 7.28. The van der Waals surface area contributed by atoms with Crippen molar-refractivity contribution in [1.82, 2.24) is 29.9 Å². The molecule has 0 aliphatic rings. The van der Waals surface area contributed by atoms with E-state index in [0.717, 1.165) is 44.3 Å². The molecule has 2 aromatic carbocycles. The Morgan fingerprint density at radius 2 is 1.34 bits per heavy atom. The number of anilines is 2. The zero-order chi connectivity index (χ0) is 27.6. The van der Waals surface area contributed by atoms with Gasteiger partial charge in [-0.05, 0) is 64.8 Å². The minimum atomic E-state index is -0.164. The Balaban J connectivity index is 0.000000186. The fourth-order valence-electron chi connectivity index (χ4n) is 3.81. The summed E-state index contributed by atoms with van der Waals surface area (Å²) >= 11 is 0. The molecule has 3 aromatic heterocycles. The number of aryl methyl sites for hydroxylation is 5. The van der Waals surface area contributed by atoms with E-state index < -0.39 is 0 Å². The molecule has 0 saturated carbocycles. The maximum Gasteiger partial charge on any atom is 0.255 e. The molecule has 3 heterocycles. The highest BCUT2D eigenvalue weighted by Gasteiger charge is 2.08. The molecule has 38 heavy (non-hydrogen) atoms. The number of aromatic nitrogens is 6. The fourth-order valence-corrected chi connectivity index (χ4v) is 3.81. The van der Waals surface area contributed by atoms with Gasteiger partial charge in [-0.3, -0.25) is 15.1 Å². The third-order valence-electron chi connectivity index (χ3n) is 5.93. The van der Waals surface area contributed by atoms with Crippen LogP contribution in [0, 0.1) is 41.5 Å². The topological polar surface area (TPSA) is 174 Å². The van der Waals surface area contributed by atoms with Crippen LogP contribution in [0.15, 0.2) is 46.2 Å². The number of fused-ring (bicyclic) bond motifs is 2. The molecule has 5 aromatic rings. The van der Waals surface area contributed by atoms with Crippen molar-refractivity contribution in [3.05, 3.63) is 80.5 Å². The van der Waals surface area contributed by atoms with Gasteiger partial charge in [-0.1, -0.05) is 24.3 Å². The van der Waals surface area contributed by atoms with Crippen LogP contribution in [-0.4, -0.2) is 35.9 Å². The number of nitrogens with two attached hydrogens (primary N) is 2. The average Bonchev–Trinajstić information content (AvgIpc) is 2.82. The Morgan fingerprint density at radius 3 is 1.92 bits per heavy atom. The molecule has 0 radical (unpaired) electrons. The molecule has 0 fully saturated rings. The van der Waals surface area contributed by atoms with Crippen LogP contribution in [0.25, 0.3) is 21.8 Å². The van der Waals surface area contributed by atoms with Gasteiger partial charge in [-0.15, -0.1) is 0 Å². The minimum Gasteiger partial charge on any atom is -0.370 e. The normalized spacial score (nSPS) is 10.7. The molecule has 0 aliphatic carbocycles. The van der Waals surface area contributed by atoms with Crippen molar-refractivity contribution < 1.29 is 0 Å². The Morgan fingerprint density at radius 1 is 0.763 bits per heavy atom. The first kappa shape index (κ1) is 26.1. The zero-order valence-electron chi connectivity index (χ0n) is 22.2. The lowest BCUT2D eigenvalue weighted by molar-refractivity contribution is 1.01. The maximum absolute atomic E-state index is 11.8. The predicted molar refractivity (Wildman–Crippen MR) is 151 cm³/mol. The summed E-state index contributed by atoms with van der Waals surface area (Å²) in [7, 11) is 0. The minimum absolute atomic E-state index is 0.0357. The molecule has 11 heteroatoms. The number of rotatable bonds is 3. The van der Waals surface area contributed by atoms with Crippen LogP contribution in [0.2, 0.25) is 0 Å². The highest BCUT2D eigenvalue weighted by Crippen LogP contribution is 2.20. The van der Waals surface area contributed by atoms with E-state index in [0.29, 0.717) is 29.1 Å². The maximum atomic E-state index is 11.8. The second-order valence-electron chi connectivity index (χ2n) is 9.07. The van der Waals surface area contributed by atoms with Crippen molar-refractivity contribution in [2.45, 2.75) is 41.5 Å². The molecule has 194 valence electrons. The van der Waals surface area contributed by atoms with Crippen LogP contribution in [0.3, 0.4) is 0 Å². The van der Waals surface area contributed by atoms with Crippen molar-refractivity contribution in [3.63, 3.8) is 0 Å². The smallest absolute Gasteiger partial charge is 0.255 e. The van der Waals surface area contributed by atoms with Gasteiger partial charge in [-0.25, -0.2) is 24.9 Å². The average molecular weight is 511 g/mol. The molecule has 6 N–H and O–H groups in total. The highest BCUT2D eigenvalue weighted by molar-refractivity contribution is 5.84. The molecule has 0 amide bonds. The largest absolute Gasteiger partial charge is 0.370 e. The molecule has 0 unspecified atom stereocenters. The number of nitrogens with one attached hydrogen (secondary N) is 2. The zero-order valence-corrected chi connectivity index (χ0v) is 22.2. The van der Waals surface area contributed by atoms with Gasteiger partial charge >= 0.3 is 0 Å². The van der Waals surface area contributed by atoms with Crippen LogP contribution in [0.1, 0.15) is 33.8 Å². The number of nitrogens with zero attached hydrogens (tertiary/aromatic N) is 6. The Hall–Kier alpha value is -4.93. The molecule has 0 aliphatic heterocycles. The Bertz CT molecular complexity index is 1750. The van der Waals surface area contributed by atoms with Crippen molar-refractivity contribution >= 4 is 45.6 Å². The van der Waals surface area contributed by atoms with E-state index in [-0.39, 0.29) is 11.5 Å². The number of H-pyrrole nitrogens is 1. The van der Waals surface area contributed by atoms with E-state index >= 15 is 0 Å². The summed E-state index contributed by atoms with van der Waals surface area (Å²) in [6.07, 6.45) is 0. The van der Waals surface area contributed by atoms with Gasteiger partial charge in [0.1, 0.15) is 0 Å². The van der Waals surface area contributed by atoms with Crippen molar-refractivity contribution in [2.75, 3.05) is 5.32 Å². The second kappa shape index (κ2) is 10.6. The van der Waals surface area contributed by atoms with Gasteiger partial charge in [0.25, 0.3) is 11.5 Å². The van der Waals surface area contributed by atoms with Gasteiger partial charge in [0.2, 0.25) is 11.9 Å². The van der Waals surface area contributed by atoms with E-state index in [1.807, 2.05) is 64.1 Å². The number of guanidine groups is 1. The highest BCUT2D eigenvalue weighted by atomic mass is 16.1. The van der Waals surface area contributed by atoms with Gasteiger partial charge in [-0.2, -0.15) is 4.99 Å². The standard InChI is InChI=1S/C16H17N5O.C11H13N5/c1-8-5-6-12-11(4)18-15(19-13(12)7-8)21-16-17-10(3)9(2)14(22)20-16;1-6-3-4-8-7(2)14-11(16-10(12)13)15-9(8)5-6/h5-7H,1-4H3,(H2,17,18,19,20,21,22);3-5H,1-2H3,(H4,12,13,14,15,16). The fraction of sp³-hybridized carbons (Fsp3) is 0.222.